The predicted molar refractivity (Wildman–Crippen MR) is 99.3 cm³/mol. The van der Waals surface area contributed by atoms with Crippen LogP contribution in [0.25, 0.3) is 6.08 Å². The van der Waals surface area contributed by atoms with E-state index in [1.165, 1.54) is 25.3 Å². The smallest absolute Gasteiger partial charge is 0.282 e. The van der Waals surface area contributed by atoms with E-state index in [-0.39, 0.29) is 5.57 Å². The van der Waals surface area contributed by atoms with Gasteiger partial charge in [0.05, 0.1) is 19.9 Å². The topological polar surface area (TPSA) is 67.9 Å². The van der Waals surface area contributed by atoms with Crippen molar-refractivity contribution in [3.8, 4) is 11.5 Å². The number of amides is 2. The van der Waals surface area contributed by atoms with Crippen molar-refractivity contribution in [3.05, 3.63) is 58.1 Å². The van der Waals surface area contributed by atoms with Gasteiger partial charge in [-0.3, -0.25) is 15.0 Å². The summed E-state index contributed by atoms with van der Waals surface area (Å²) in [6.45, 7) is 1.86. The lowest BCUT2D eigenvalue weighted by molar-refractivity contribution is -0.117. The van der Waals surface area contributed by atoms with Crippen LogP contribution < -0.4 is 19.9 Å². The van der Waals surface area contributed by atoms with E-state index in [1.807, 2.05) is 6.92 Å². The van der Waals surface area contributed by atoms with Gasteiger partial charge in [-0.2, -0.15) is 0 Å². The van der Waals surface area contributed by atoms with Crippen molar-refractivity contribution in [2.24, 2.45) is 0 Å². The molecule has 2 aromatic rings. The Morgan fingerprint density at radius 1 is 1.08 bits per heavy atom. The van der Waals surface area contributed by atoms with Gasteiger partial charge < -0.3 is 9.47 Å². The normalized spacial score (nSPS) is 15.4. The van der Waals surface area contributed by atoms with E-state index >= 15 is 0 Å². The SMILES string of the molecule is COc1ccc(OC)c(C=C2C(=O)NN(c3ccc(C)c(Cl)c3)C2=O)c1. The fraction of sp³-hybridized carbons (Fsp3) is 0.158. The van der Waals surface area contributed by atoms with E-state index in [2.05, 4.69) is 5.43 Å². The Kier molecular flexibility index (Phi) is 4.86. The van der Waals surface area contributed by atoms with Crippen LogP contribution in [0.2, 0.25) is 5.02 Å². The van der Waals surface area contributed by atoms with Crippen LogP contribution in [-0.2, 0) is 9.59 Å². The summed E-state index contributed by atoms with van der Waals surface area (Å²) in [5.41, 5.74) is 4.47. The van der Waals surface area contributed by atoms with Gasteiger partial charge in [0.25, 0.3) is 11.8 Å². The van der Waals surface area contributed by atoms with E-state index in [4.69, 9.17) is 21.1 Å². The summed E-state index contributed by atoms with van der Waals surface area (Å²) in [6.07, 6.45) is 1.48. The van der Waals surface area contributed by atoms with Gasteiger partial charge in [0.2, 0.25) is 0 Å². The minimum absolute atomic E-state index is 0.00625. The fourth-order valence-electron chi connectivity index (χ4n) is 2.57. The minimum Gasteiger partial charge on any atom is -0.497 e. The van der Waals surface area contributed by atoms with Gasteiger partial charge in [-0.05, 0) is 48.9 Å². The molecule has 1 aliphatic rings. The second-order valence-electron chi connectivity index (χ2n) is 5.68. The highest BCUT2D eigenvalue weighted by molar-refractivity contribution is 6.33. The molecule has 2 amide bonds. The van der Waals surface area contributed by atoms with Crippen LogP contribution in [0.5, 0.6) is 11.5 Å². The van der Waals surface area contributed by atoms with Crippen LogP contribution in [0.15, 0.2) is 42.0 Å². The Hall–Kier alpha value is -2.99. The number of carbonyl (C=O) groups is 2. The van der Waals surface area contributed by atoms with Crippen molar-refractivity contribution in [1.82, 2.24) is 5.43 Å². The Balaban J connectivity index is 1.99. The summed E-state index contributed by atoms with van der Waals surface area (Å²) in [7, 11) is 3.05. The molecular formula is C19H17ClN2O4. The quantitative estimate of drug-likeness (QED) is 0.661. The molecule has 3 rings (SSSR count). The first-order valence-electron chi connectivity index (χ1n) is 7.80. The van der Waals surface area contributed by atoms with Crippen LogP contribution >= 0.6 is 11.6 Å². The number of nitrogens with one attached hydrogen (secondary N) is 1. The molecule has 1 fully saturated rings. The molecule has 26 heavy (non-hydrogen) atoms. The molecular weight excluding hydrogens is 356 g/mol. The van der Waals surface area contributed by atoms with Crippen molar-refractivity contribution in [1.29, 1.82) is 0 Å². The van der Waals surface area contributed by atoms with Gasteiger partial charge in [-0.15, -0.1) is 0 Å². The number of rotatable bonds is 4. The molecule has 1 saturated heterocycles. The summed E-state index contributed by atoms with van der Waals surface area (Å²) in [5.74, 6) is 0.137. The zero-order valence-electron chi connectivity index (χ0n) is 14.5. The lowest BCUT2D eigenvalue weighted by atomic mass is 10.1. The number of nitrogens with zero attached hydrogens (tertiary/aromatic N) is 1. The number of aryl methyl sites for hydroxylation is 1. The zero-order valence-corrected chi connectivity index (χ0v) is 15.3. The van der Waals surface area contributed by atoms with Crippen molar-refractivity contribution >= 4 is 35.2 Å². The maximum atomic E-state index is 12.7. The first-order valence-corrected chi connectivity index (χ1v) is 8.17. The van der Waals surface area contributed by atoms with Gasteiger partial charge in [0, 0.05) is 10.6 Å². The van der Waals surface area contributed by atoms with Crippen LogP contribution in [-0.4, -0.2) is 26.0 Å². The molecule has 0 unspecified atom stereocenters. The van der Waals surface area contributed by atoms with Crippen molar-refractivity contribution in [3.63, 3.8) is 0 Å². The second-order valence-corrected chi connectivity index (χ2v) is 6.09. The summed E-state index contributed by atoms with van der Waals surface area (Å²) in [5, 5.41) is 1.68. The highest BCUT2D eigenvalue weighted by Gasteiger charge is 2.34. The number of hydrazine groups is 1. The Morgan fingerprint density at radius 3 is 2.50 bits per heavy atom. The van der Waals surface area contributed by atoms with Crippen molar-refractivity contribution in [2.75, 3.05) is 19.2 Å². The third-order valence-corrected chi connectivity index (χ3v) is 4.45. The largest absolute Gasteiger partial charge is 0.497 e. The summed E-state index contributed by atoms with van der Waals surface area (Å²) in [4.78, 5) is 25.1. The average molecular weight is 373 g/mol. The van der Waals surface area contributed by atoms with E-state index in [1.54, 1.807) is 36.4 Å². The van der Waals surface area contributed by atoms with Crippen molar-refractivity contribution < 1.29 is 19.1 Å². The highest BCUT2D eigenvalue weighted by Crippen LogP contribution is 2.29. The third-order valence-electron chi connectivity index (χ3n) is 4.04. The number of methoxy groups -OCH3 is 2. The van der Waals surface area contributed by atoms with Crippen molar-refractivity contribution in [2.45, 2.75) is 6.92 Å². The minimum atomic E-state index is -0.503. The second kappa shape index (κ2) is 7.09. The standard InChI is InChI=1S/C19H17ClN2O4/c1-11-4-5-13(10-16(11)20)22-19(24)15(18(23)21-22)9-12-8-14(25-2)6-7-17(12)26-3/h4-10H,1-3H3,(H,21,23). The Labute approximate surface area is 155 Å². The van der Waals surface area contributed by atoms with E-state index in [9.17, 15) is 9.59 Å². The van der Waals surface area contributed by atoms with E-state index < -0.39 is 11.8 Å². The van der Waals surface area contributed by atoms with Gasteiger partial charge in [0.15, 0.2) is 0 Å². The molecule has 0 aliphatic carbocycles. The van der Waals surface area contributed by atoms with E-state index in [0.717, 1.165) is 5.56 Å². The first kappa shape index (κ1) is 17.8. The highest BCUT2D eigenvalue weighted by atomic mass is 35.5. The van der Waals surface area contributed by atoms with Gasteiger partial charge in [-0.25, -0.2) is 5.01 Å². The molecule has 6 nitrogen and oxygen atoms in total. The molecule has 7 heteroatoms. The molecule has 1 aliphatic heterocycles. The number of ether oxygens (including phenoxy) is 2. The molecule has 0 radical (unpaired) electrons. The molecule has 0 saturated carbocycles. The monoisotopic (exact) mass is 372 g/mol. The molecule has 0 aromatic heterocycles. The molecule has 1 N–H and O–H groups in total. The van der Waals surface area contributed by atoms with Crippen LogP contribution in [0.4, 0.5) is 5.69 Å². The number of benzene rings is 2. The molecule has 0 bridgehead atoms. The fourth-order valence-corrected chi connectivity index (χ4v) is 2.74. The van der Waals surface area contributed by atoms with Gasteiger partial charge >= 0.3 is 0 Å². The number of carbonyl (C=O) groups excluding carboxylic acids is 2. The summed E-state index contributed by atoms with van der Waals surface area (Å²) in [6, 6.07) is 10.3. The van der Waals surface area contributed by atoms with Gasteiger partial charge in [0.1, 0.15) is 17.1 Å². The first-order chi connectivity index (χ1) is 12.4. The maximum absolute atomic E-state index is 12.7. The molecule has 134 valence electrons. The zero-order chi connectivity index (χ0) is 18.8. The number of hydrogen-bond donors (Lipinski definition) is 1. The third kappa shape index (κ3) is 3.23. The lowest BCUT2D eigenvalue weighted by Crippen LogP contribution is -2.35. The summed E-state index contributed by atoms with van der Waals surface area (Å²) >= 11 is 6.12. The van der Waals surface area contributed by atoms with E-state index in [0.29, 0.717) is 27.8 Å². The number of anilines is 1. The van der Waals surface area contributed by atoms with Crippen LogP contribution in [0.1, 0.15) is 11.1 Å². The molecule has 0 atom stereocenters. The van der Waals surface area contributed by atoms with Crippen LogP contribution in [0.3, 0.4) is 0 Å². The Bertz CT molecular complexity index is 924. The Morgan fingerprint density at radius 2 is 1.85 bits per heavy atom. The predicted octanol–water partition coefficient (Wildman–Crippen LogP) is 3.13. The molecule has 2 aromatic carbocycles. The summed E-state index contributed by atoms with van der Waals surface area (Å²) < 4.78 is 10.5. The number of halogens is 1. The number of hydrogen-bond acceptors (Lipinski definition) is 4. The van der Waals surface area contributed by atoms with Gasteiger partial charge in [-0.1, -0.05) is 17.7 Å². The lowest BCUT2D eigenvalue weighted by Gasteiger charge is -2.15. The molecule has 1 heterocycles. The average Bonchev–Trinajstić information content (AvgIpc) is 2.92. The maximum Gasteiger partial charge on any atom is 0.282 e. The molecule has 0 spiro atoms. The van der Waals surface area contributed by atoms with Crippen LogP contribution in [0, 0.1) is 6.92 Å².